The van der Waals surface area contributed by atoms with E-state index in [1.54, 1.807) is 36.4 Å². The van der Waals surface area contributed by atoms with Crippen LogP contribution in [0.25, 0.3) is 0 Å². The zero-order valence-electron chi connectivity index (χ0n) is 16.6. The summed E-state index contributed by atoms with van der Waals surface area (Å²) in [6.07, 6.45) is 0. The SMILES string of the molecule is COc1ccc(Cl)cc1N1C(=O)C(Nc2ccc(F)cc2)=C(Sc2ccc(Cl)cc2)C1=O. The van der Waals surface area contributed by atoms with Gasteiger partial charge in [0.15, 0.2) is 0 Å². The van der Waals surface area contributed by atoms with E-state index in [1.807, 2.05) is 0 Å². The number of benzene rings is 3. The summed E-state index contributed by atoms with van der Waals surface area (Å²) in [5, 5.41) is 3.85. The molecule has 3 aromatic rings. The first kappa shape index (κ1) is 22.2. The normalized spacial score (nSPS) is 13.7. The molecule has 162 valence electrons. The second kappa shape index (κ2) is 9.24. The number of nitrogens with zero attached hydrogens (tertiary/aromatic N) is 1. The highest BCUT2D eigenvalue weighted by atomic mass is 35.5. The molecule has 1 heterocycles. The number of imide groups is 1. The molecule has 0 spiro atoms. The molecule has 1 N–H and O–H groups in total. The lowest BCUT2D eigenvalue weighted by Crippen LogP contribution is -2.32. The highest BCUT2D eigenvalue weighted by molar-refractivity contribution is 8.04. The Hall–Kier alpha value is -3.00. The molecule has 0 atom stereocenters. The quantitative estimate of drug-likeness (QED) is 0.422. The summed E-state index contributed by atoms with van der Waals surface area (Å²) in [6.45, 7) is 0. The summed E-state index contributed by atoms with van der Waals surface area (Å²) >= 11 is 13.2. The van der Waals surface area contributed by atoms with Crippen LogP contribution in [0, 0.1) is 5.82 Å². The maximum Gasteiger partial charge on any atom is 0.283 e. The zero-order chi connectivity index (χ0) is 22.8. The topological polar surface area (TPSA) is 58.6 Å². The van der Waals surface area contributed by atoms with Crippen LogP contribution in [0.4, 0.5) is 15.8 Å². The Bertz CT molecular complexity index is 1160. The number of amides is 2. The van der Waals surface area contributed by atoms with E-state index in [-0.39, 0.29) is 16.3 Å². The zero-order valence-corrected chi connectivity index (χ0v) is 18.9. The number of ether oxygens (including phenoxy) is 1. The Morgan fingerprint density at radius 2 is 1.56 bits per heavy atom. The number of thioether (sulfide) groups is 1. The van der Waals surface area contributed by atoms with Crippen molar-refractivity contribution in [1.82, 2.24) is 0 Å². The van der Waals surface area contributed by atoms with Crippen LogP contribution in [-0.4, -0.2) is 18.9 Å². The molecule has 0 aliphatic carbocycles. The number of hydrogen-bond donors (Lipinski definition) is 1. The summed E-state index contributed by atoms with van der Waals surface area (Å²) in [7, 11) is 1.44. The van der Waals surface area contributed by atoms with Gasteiger partial charge in [-0.3, -0.25) is 9.59 Å². The van der Waals surface area contributed by atoms with Crippen molar-refractivity contribution >= 4 is 58.2 Å². The summed E-state index contributed by atoms with van der Waals surface area (Å²) in [4.78, 5) is 28.7. The first-order valence-corrected chi connectivity index (χ1v) is 10.9. The summed E-state index contributed by atoms with van der Waals surface area (Å²) in [6, 6.07) is 17.0. The Morgan fingerprint density at radius 3 is 2.22 bits per heavy atom. The molecule has 0 fully saturated rings. The van der Waals surface area contributed by atoms with Gasteiger partial charge >= 0.3 is 0 Å². The van der Waals surface area contributed by atoms with Crippen molar-refractivity contribution in [2.75, 3.05) is 17.3 Å². The van der Waals surface area contributed by atoms with Crippen molar-refractivity contribution in [3.63, 3.8) is 0 Å². The minimum absolute atomic E-state index is 0.0589. The maximum atomic E-state index is 13.4. The third-order valence-electron chi connectivity index (χ3n) is 4.57. The summed E-state index contributed by atoms with van der Waals surface area (Å²) < 4.78 is 18.7. The Balaban J connectivity index is 1.78. The second-order valence-electron chi connectivity index (χ2n) is 6.65. The van der Waals surface area contributed by atoms with Crippen molar-refractivity contribution < 1.29 is 18.7 Å². The smallest absolute Gasteiger partial charge is 0.283 e. The van der Waals surface area contributed by atoms with Gasteiger partial charge in [0.2, 0.25) is 0 Å². The van der Waals surface area contributed by atoms with E-state index in [2.05, 4.69) is 5.32 Å². The fourth-order valence-electron chi connectivity index (χ4n) is 3.07. The van der Waals surface area contributed by atoms with Gasteiger partial charge in [0.1, 0.15) is 22.2 Å². The van der Waals surface area contributed by atoms with E-state index in [9.17, 15) is 14.0 Å². The average molecular weight is 489 g/mol. The predicted molar refractivity (Wildman–Crippen MR) is 125 cm³/mol. The van der Waals surface area contributed by atoms with Crippen molar-refractivity contribution in [2.24, 2.45) is 0 Å². The molecule has 0 radical (unpaired) electrons. The number of nitrogens with one attached hydrogen (secondary N) is 1. The fourth-order valence-corrected chi connectivity index (χ4v) is 4.29. The lowest BCUT2D eigenvalue weighted by atomic mass is 10.2. The molecule has 0 unspecified atom stereocenters. The van der Waals surface area contributed by atoms with Gasteiger partial charge < -0.3 is 10.1 Å². The molecule has 5 nitrogen and oxygen atoms in total. The van der Waals surface area contributed by atoms with Gasteiger partial charge in [0, 0.05) is 20.6 Å². The van der Waals surface area contributed by atoms with Crippen LogP contribution < -0.4 is 15.0 Å². The van der Waals surface area contributed by atoms with Gasteiger partial charge in [-0.15, -0.1) is 0 Å². The van der Waals surface area contributed by atoms with Crippen LogP contribution >= 0.6 is 35.0 Å². The molecule has 9 heteroatoms. The second-order valence-corrected chi connectivity index (χ2v) is 8.61. The molecular formula is C23H15Cl2FN2O3S. The number of anilines is 2. The Kier molecular flexibility index (Phi) is 6.41. The molecule has 3 aromatic carbocycles. The molecule has 0 bridgehead atoms. The Morgan fingerprint density at radius 1 is 0.906 bits per heavy atom. The van der Waals surface area contributed by atoms with Crippen molar-refractivity contribution in [2.45, 2.75) is 4.90 Å². The molecule has 1 aliphatic heterocycles. The number of halogens is 3. The van der Waals surface area contributed by atoms with Crippen LogP contribution in [0.15, 0.2) is 82.2 Å². The molecule has 0 saturated heterocycles. The van der Waals surface area contributed by atoms with Gasteiger partial charge in [-0.2, -0.15) is 0 Å². The minimum Gasteiger partial charge on any atom is -0.495 e. The average Bonchev–Trinajstić information content (AvgIpc) is 3.00. The number of carbonyl (C=O) groups is 2. The molecule has 4 rings (SSSR count). The van der Waals surface area contributed by atoms with Crippen molar-refractivity contribution in [3.8, 4) is 5.75 Å². The van der Waals surface area contributed by atoms with Gasteiger partial charge in [-0.05, 0) is 66.7 Å². The predicted octanol–water partition coefficient (Wildman–Crippen LogP) is 6.13. The van der Waals surface area contributed by atoms with Crippen LogP contribution in [0.2, 0.25) is 10.0 Å². The van der Waals surface area contributed by atoms with E-state index in [0.29, 0.717) is 26.4 Å². The molecule has 2 amide bonds. The molecular weight excluding hydrogens is 474 g/mol. The lowest BCUT2D eigenvalue weighted by Gasteiger charge is -2.18. The largest absolute Gasteiger partial charge is 0.495 e. The number of rotatable bonds is 6. The van der Waals surface area contributed by atoms with Crippen LogP contribution in [0.5, 0.6) is 5.75 Å². The monoisotopic (exact) mass is 488 g/mol. The van der Waals surface area contributed by atoms with E-state index in [4.69, 9.17) is 27.9 Å². The highest BCUT2D eigenvalue weighted by Crippen LogP contribution is 2.41. The number of hydrogen-bond acceptors (Lipinski definition) is 5. The molecule has 0 aromatic heterocycles. The molecule has 0 saturated carbocycles. The van der Waals surface area contributed by atoms with Crippen molar-refractivity contribution in [1.29, 1.82) is 0 Å². The van der Waals surface area contributed by atoms with Gasteiger partial charge in [-0.25, -0.2) is 9.29 Å². The summed E-state index contributed by atoms with van der Waals surface area (Å²) in [5.41, 5.74) is 0.736. The third kappa shape index (κ3) is 4.46. The summed E-state index contributed by atoms with van der Waals surface area (Å²) in [5.74, 6) is -1.23. The maximum absolute atomic E-state index is 13.4. The third-order valence-corrected chi connectivity index (χ3v) is 6.15. The number of methoxy groups -OCH3 is 1. The first-order chi connectivity index (χ1) is 15.4. The van der Waals surface area contributed by atoms with E-state index < -0.39 is 17.6 Å². The standard InChI is InChI=1S/C23H15Cl2FN2O3S/c1-31-19-11-4-14(25)12-18(19)28-22(29)20(27-16-7-5-15(26)6-8-16)21(23(28)30)32-17-9-2-13(24)3-10-17/h2-12,27H,1H3. The molecule has 32 heavy (non-hydrogen) atoms. The van der Waals surface area contributed by atoms with Gasteiger partial charge in [0.05, 0.1) is 12.8 Å². The van der Waals surface area contributed by atoms with E-state index >= 15 is 0 Å². The van der Waals surface area contributed by atoms with Gasteiger partial charge in [-0.1, -0.05) is 35.0 Å². The van der Waals surface area contributed by atoms with Gasteiger partial charge in [0.25, 0.3) is 11.8 Å². The minimum atomic E-state index is -0.587. The van der Waals surface area contributed by atoms with Crippen LogP contribution in [0.1, 0.15) is 0 Å². The van der Waals surface area contributed by atoms with Crippen LogP contribution in [-0.2, 0) is 9.59 Å². The van der Waals surface area contributed by atoms with Crippen LogP contribution in [0.3, 0.4) is 0 Å². The fraction of sp³-hybridized carbons (Fsp3) is 0.0435. The Labute approximate surface area is 197 Å². The lowest BCUT2D eigenvalue weighted by molar-refractivity contribution is -0.120. The first-order valence-electron chi connectivity index (χ1n) is 9.30. The number of carbonyl (C=O) groups excluding carboxylic acids is 2. The highest BCUT2D eigenvalue weighted by Gasteiger charge is 2.41. The van der Waals surface area contributed by atoms with E-state index in [0.717, 1.165) is 16.7 Å². The van der Waals surface area contributed by atoms with Crippen molar-refractivity contribution in [3.05, 3.63) is 93.2 Å². The van der Waals surface area contributed by atoms with E-state index in [1.165, 1.54) is 37.4 Å². The molecule has 1 aliphatic rings.